The molecule has 78 heavy (non-hydrogen) atoms. The number of amides is 9. The summed E-state index contributed by atoms with van der Waals surface area (Å²) < 4.78 is 0. The molecule has 1 aromatic carbocycles. The third-order valence-corrected chi connectivity index (χ3v) is 12.6. The minimum atomic E-state index is -1.77. The van der Waals surface area contributed by atoms with Crippen molar-refractivity contribution in [1.82, 2.24) is 47.5 Å². The summed E-state index contributed by atoms with van der Waals surface area (Å²) in [6, 6.07) is -4.02. The van der Waals surface area contributed by atoms with Gasteiger partial charge in [-0.25, -0.2) is 4.79 Å². The number of aromatic amines is 1. The number of aliphatic carboxylic acids is 3. The summed E-state index contributed by atoms with van der Waals surface area (Å²) >= 11 is 1.36. The van der Waals surface area contributed by atoms with Gasteiger partial charge in [0.15, 0.2) is 0 Å². The van der Waals surface area contributed by atoms with Gasteiger partial charge in [0.05, 0.1) is 19.0 Å². The molecule has 0 unspecified atom stereocenters. The van der Waals surface area contributed by atoms with Crippen molar-refractivity contribution in [3.8, 4) is 0 Å². The first-order chi connectivity index (χ1) is 36.8. The highest BCUT2D eigenvalue weighted by Crippen LogP contribution is 2.20. The third kappa shape index (κ3) is 24.8. The zero-order valence-corrected chi connectivity index (χ0v) is 45.5. The number of nitrogens with one attached hydrogen (secondary N) is 9. The Labute approximate surface area is 456 Å². The van der Waals surface area contributed by atoms with Crippen molar-refractivity contribution in [1.29, 1.82) is 0 Å². The number of carbonyl (C=O) groups is 12. The predicted octanol–water partition coefficient (Wildman–Crippen LogP) is -1.79. The fourth-order valence-electron chi connectivity index (χ4n) is 7.93. The average Bonchev–Trinajstić information content (AvgIpc) is 3.78. The Hall–Kier alpha value is -7.33. The number of H-pyrrole nitrogens is 1. The Morgan fingerprint density at radius 2 is 1.08 bits per heavy atom. The highest BCUT2D eigenvalue weighted by Gasteiger charge is 2.34. The van der Waals surface area contributed by atoms with Crippen molar-refractivity contribution in [2.45, 2.75) is 153 Å². The summed E-state index contributed by atoms with van der Waals surface area (Å²) in [6.45, 7) is 6.40. The number of hydrogen-bond acceptors (Lipinski definition) is 15. The number of benzene rings is 1. The summed E-state index contributed by atoms with van der Waals surface area (Å²) in [5.74, 6) is -12.4. The Morgan fingerprint density at radius 3 is 1.62 bits per heavy atom. The molecule has 0 bridgehead atoms. The molecule has 0 fully saturated rings. The number of nitrogens with two attached hydrogens (primary N) is 3. The molecule has 1 aromatic heterocycles. The first-order valence-electron chi connectivity index (χ1n) is 25.6. The summed E-state index contributed by atoms with van der Waals surface area (Å²) in [5.41, 5.74) is 18.3. The highest BCUT2D eigenvalue weighted by molar-refractivity contribution is 7.98. The summed E-state index contributed by atoms with van der Waals surface area (Å²) in [7, 11) is 0. The van der Waals surface area contributed by atoms with Crippen LogP contribution in [0.2, 0.25) is 0 Å². The predicted molar refractivity (Wildman–Crippen MR) is 287 cm³/mol. The Balaban J connectivity index is 2.26. The molecular weight excluding hydrogens is 1040 g/mol. The number of thioether (sulfide) groups is 1. The number of primary amides is 1. The van der Waals surface area contributed by atoms with Crippen molar-refractivity contribution in [3.63, 3.8) is 0 Å². The van der Waals surface area contributed by atoms with Gasteiger partial charge in [-0.05, 0) is 93.4 Å². The van der Waals surface area contributed by atoms with Crippen LogP contribution in [-0.2, 0) is 64.0 Å². The minimum absolute atomic E-state index is 0.00360. The number of carbonyl (C=O) groups excluding carboxylic acids is 9. The summed E-state index contributed by atoms with van der Waals surface area (Å²) in [6.07, 6.45) is 1.65. The van der Waals surface area contributed by atoms with E-state index in [2.05, 4.69) is 47.5 Å². The molecule has 1 heterocycles. The largest absolute Gasteiger partial charge is 0.481 e. The van der Waals surface area contributed by atoms with Crippen LogP contribution in [0.25, 0.3) is 10.9 Å². The second-order valence-electron chi connectivity index (χ2n) is 19.6. The lowest BCUT2D eigenvalue weighted by atomic mass is 10.0. The maximum Gasteiger partial charge on any atom is 0.326 e. The number of carboxylic acid groups (broad SMARTS) is 3. The topological polar surface area (TPSA) is 456 Å². The third-order valence-electron chi connectivity index (χ3n) is 12.0. The van der Waals surface area contributed by atoms with Crippen molar-refractivity contribution in [2.75, 3.05) is 25.1 Å². The molecule has 28 heteroatoms. The number of hydrogen-bond donors (Lipinski definition) is 15. The SMILES string of the molecule is CSCC[C@H](NC(=O)[C@H](CC(C)C)NC(=O)CNC(=O)[C@H](CCC(=O)O)NC(=O)[C@H](CC(N)=O)NC(=O)[C@H](CC(C)C)NC(=O)[C@@H](N)CCC(=O)O)C(=O)N[C@@H](CCCCN)C(=O)N[C@@H](Cc1c[nH]c2ccccc12)C(=O)O. The number of fused-ring (bicyclic) bond motifs is 1. The molecule has 0 spiro atoms. The van der Waals surface area contributed by atoms with Crippen LogP contribution < -0.4 is 59.7 Å². The van der Waals surface area contributed by atoms with Gasteiger partial charge in [-0.15, -0.1) is 0 Å². The van der Waals surface area contributed by atoms with Crippen LogP contribution in [0.15, 0.2) is 30.5 Å². The van der Waals surface area contributed by atoms with Crippen LogP contribution in [0.1, 0.15) is 104 Å². The summed E-state index contributed by atoms with van der Waals surface area (Å²) in [5, 5.41) is 49.0. The molecule has 8 atom stereocenters. The van der Waals surface area contributed by atoms with E-state index in [1.807, 2.05) is 18.2 Å². The molecule has 0 aliphatic rings. The number of aromatic nitrogens is 1. The molecule has 434 valence electrons. The lowest BCUT2D eigenvalue weighted by Crippen LogP contribution is -2.59. The van der Waals surface area contributed by atoms with E-state index >= 15 is 0 Å². The minimum Gasteiger partial charge on any atom is -0.481 e. The van der Waals surface area contributed by atoms with Gasteiger partial charge in [0.25, 0.3) is 0 Å². The number of carboxylic acids is 3. The molecule has 0 aliphatic carbocycles. The van der Waals surface area contributed by atoms with Gasteiger partial charge >= 0.3 is 17.9 Å². The molecule has 27 nitrogen and oxygen atoms in total. The van der Waals surface area contributed by atoms with Gasteiger partial charge in [-0.3, -0.25) is 52.7 Å². The molecule has 0 saturated heterocycles. The van der Waals surface area contributed by atoms with Crippen LogP contribution >= 0.6 is 11.8 Å². The van der Waals surface area contributed by atoms with Crippen molar-refractivity contribution in [2.24, 2.45) is 29.0 Å². The van der Waals surface area contributed by atoms with E-state index in [0.717, 1.165) is 10.9 Å². The molecule has 2 rings (SSSR count). The van der Waals surface area contributed by atoms with Gasteiger partial charge in [0, 0.05) is 36.4 Å². The monoisotopic (exact) mass is 1120 g/mol. The van der Waals surface area contributed by atoms with Crippen molar-refractivity contribution < 1.29 is 72.9 Å². The molecule has 18 N–H and O–H groups in total. The first kappa shape index (κ1) is 66.8. The van der Waals surface area contributed by atoms with Crippen LogP contribution in [0.4, 0.5) is 0 Å². The Bertz CT molecular complexity index is 2400. The molecule has 0 radical (unpaired) electrons. The smallest absolute Gasteiger partial charge is 0.326 e. The van der Waals surface area contributed by atoms with Crippen molar-refractivity contribution in [3.05, 3.63) is 36.0 Å². The van der Waals surface area contributed by atoms with Gasteiger partial charge in [-0.1, -0.05) is 45.9 Å². The summed E-state index contributed by atoms with van der Waals surface area (Å²) in [4.78, 5) is 159. The fourth-order valence-corrected chi connectivity index (χ4v) is 8.40. The van der Waals surface area contributed by atoms with Gasteiger partial charge in [-0.2, -0.15) is 11.8 Å². The second kappa shape index (κ2) is 34.4. The van der Waals surface area contributed by atoms with Crippen LogP contribution in [0.5, 0.6) is 0 Å². The molecule has 9 amide bonds. The van der Waals surface area contributed by atoms with E-state index < -0.39 is 152 Å². The zero-order chi connectivity index (χ0) is 58.6. The lowest BCUT2D eigenvalue weighted by molar-refractivity contribution is -0.142. The van der Waals surface area contributed by atoms with E-state index in [4.69, 9.17) is 22.3 Å². The van der Waals surface area contributed by atoms with Crippen LogP contribution in [0.3, 0.4) is 0 Å². The average molecular weight is 1120 g/mol. The second-order valence-corrected chi connectivity index (χ2v) is 20.6. The van der Waals surface area contributed by atoms with Gasteiger partial charge < -0.3 is 80.0 Å². The number of rotatable bonds is 38. The van der Waals surface area contributed by atoms with E-state index in [0.29, 0.717) is 24.2 Å². The van der Waals surface area contributed by atoms with E-state index in [9.17, 15) is 67.7 Å². The zero-order valence-electron chi connectivity index (χ0n) is 44.6. The van der Waals surface area contributed by atoms with E-state index in [1.54, 1.807) is 46.2 Å². The fraction of sp³-hybridized carbons (Fsp3) is 0.600. The Morgan fingerprint density at radius 1 is 0.590 bits per heavy atom. The Kier molecular flexibility index (Phi) is 29.5. The van der Waals surface area contributed by atoms with Gasteiger partial charge in [0.2, 0.25) is 53.2 Å². The molecule has 2 aromatic rings. The lowest BCUT2D eigenvalue weighted by Gasteiger charge is -2.27. The quantitative estimate of drug-likeness (QED) is 0.0330. The van der Waals surface area contributed by atoms with E-state index in [-0.39, 0.29) is 56.9 Å². The molecule has 0 aliphatic heterocycles. The van der Waals surface area contributed by atoms with Crippen LogP contribution in [0, 0.1) is 11.8 Å². The maximum absolute atomic E-state index is 14.0. The first-order valence-corrected chi connectivity index (χ1v) is 27.0. The number of para-hydroxylation sites is 1. The standard InChI is InChI=1S/C50H78N12O15S/c1-26(2)20-35(47(73)59-34(17-19-78-5)46(72)57-32(12-8-9-18-51)45(71)62-38(50(76)77)22-28-24-54-31-11-7-6-10-29(28)31)56-40(64)25-55-44(70)33(14-16-42(67)68)58-49(75)37(23-39(53)63)61-48(74)36(21-27(3)4)60-43(69)30(52)13-15-41(65)66/h6-7,10-11,24,26-27,30,32-38,54H,8-9,12-23,25,51-52H2,1-5H3,(H2,53,63)(H,55,70)(H,56,64)(H,57,72)(H,58,75)(H,59,73)(H,60,69)(H,61,74)(H,62,71)(H,65,66)(H,67,68)(H,76,77)/t30-,32-,33-,34-,35-,36-,37-,38-/m0/s1. The highest BCUT2D eigenvalue weighted by atomic mass is 32.2. The number of unbranched alkanes of at least 4 members (excludes halogenated alkanes) is 1. The maximum atomic E-state index is 14.0. The molecular formula is C50H78N12O15S. The van der Waals surface area contributed by atoms with Gasteiger partial charge in [0.1, 0.15) is 42.3 Å². The van der Waals surface area contributed by atoms with E-state index in [1.165, 1.54) is 11.8 Å². The van der Waals surface area contributed by atoms with Crippen molar-refractivity contribution >= 4 is 93.7 Å². The normalized spacial score (nSPS) is 14.3. The molecule has 0 saturated carbocycles. The van der Waals surface area contributed by atoms with Crippen LogP contribution in [-0.4, -0.2) is 165 Å².